The van der Waals surface area contributed by atoms with E-state index in [1.807, 2.05) is 25.1 Å². The third kappa shape index (κ3) is 3.20. The van der Waals surface area contributed by atoms with Gasteiger partial charge in [0, 0.05) is 28.8 Å². The van der Waals surface area contributed by atoms with Gasteiger partial charge in [0.1, 0.15) is 0 Å². The standard InChI is InChI=1S/C13H16BrNO/c1-4-15(8-10(2)3)12-6-5-11(9-16)13(14)7-12/h5-7,9H,2,4,8H2,1,3H3. The molecule has 0 aromatic heterocycles. The van der Waals surface area contributed by atoms with E-state index in [4.69, 9.17) is 0 Å². The van der Waals surface area contributed by atoms with Gasteiger partial charge < -0.3 is 4.90 Å². The summed E-state index contributed by atoms with van der Waals surface area (Å²) >= 11 is 3.39. The van der Waals surface area contributed by atoms with Crippen LogP contribution < -0.4 is 4.90 Å². The van der Waals surface area contributed by atoms with Crippen LogP contribution in [0.25, 0.3) is 0 Å². The highest BCUT2D eigenvalue weighted by Crippen LogP contribution is 2.23. The summed E-state index contributed by atoms with van der Waals surface area (Å²) in [7, 11) is 0. The Morgan fingerprint density at radius 2 is 2.25 bits per heavy atom. The minimum atomic E-state index is 0.676. The fourth-order valence-corrected chi connectivity index (χ4v) is 1.98. The van der Waals surface area contributed by atoms with Crippen molar-refractivity contribution in [3.05, 3.63) is 40.4 Å². The second-order valence-electron chi connectivity index (χ2n) is 3.79. The highest BCUT2D eigenvalue weighted by molar-refractivity contribution is 9.10. The number of hydrogen-bond donors (Lipinski definition) is 0. The van der Waals surface area contributed by atoms with Crippen molar-refractivity contribution in [3.63, 3.8) is 0 Å². The van der Waals surface area contributed by atoms with Crippen LogP contribution in [0.2, 0.25) is 0 Å². The molecule has 1 aromatic carbocycles. The summed E-state index contributed by atoms with van der Waals surface area (Å²) in [5, 5.41) is 0. The number of hydrogen-bond acceptors (Lipinski definition) is 2. The van der Waals surface area contributed by atoms with E-state index < -0.39 is 0 Å². The van der Waals surface area contributed by atoms with Crippen LogP contribution in [0.1, 0.15) is 24.2 Å². The lowest BCUT2D eigenvalue weighted by Crippen LogP contribution is -2.24. The van der Waals surface area contributed by atoms with Gasteiger partial charge in [-0.3, -0.25) is 4.79 Å². The van der Waals surface area contributed by atoms with Crippen LogP contribution in [-0.2, 0) is 0 Å². The molecule has 0 bridgehead atoms. The molecule has 0 amide bonds. The van der Waals surface area contributed by atoms with Gasteiger partial charge in [-0.15, -0.1) is 0 Å². The second-order valence-corrected chi connectivity index (χ2v) is 4.65. The average Bonchev–Trinajstić information content (AvgIpc) is 2.25. The molecule has 0 saturated carbocycles. The molecular weight excluding hydrogens is 266 g/mol. The van der Waals surface area contributed by atoms with Gasteiger partial charge >= 0.3 is 0 Å². The van der Waals surface area contributed by atoms with E-state index in [-0.39, 0.29) is 0 Å². The van der Waals surface area contributed by atoms with Crippen LogP contribution in [0.5, 0.6) is 0 Å². The zero-order chi connectivity index (χ0) is 12.1. The quantitative estimate of drug-likeness (QED) is 0.606. The number of carbonyl (C=O) groups excluding carboxylic acids is 1. The number of halogens is 1. The topological polar surface area (TPSA) is 20.3 Å². The number of benzene rings is 1. The number of likely N-dealkylation sites (N-methyl/N-ethyl adjacent to an activating group) is 1. The van der Waals surface area contributed by atoms with Crippen LogP contribution in [0.3, 0.4) is 0 Å². The SMILES string of the molecule is C=C(C)CN(CC)c1ccc(C=O)c(Br)c1. The Morgan fingerprint density at radius 1 is 1.56 bits per heavy atom. The van der Waals surface area contributed by atoms with Gasteiger partial charge in [-0.2, -0.15) is 0 Å². The van der Waals surface area contributed by atoms with Gasteiger partial charge in [-0.25, -0.2) is 0 Å². The van der Waals surface area contributed by atoms with Crippen LogP contribution in [0.15, 0.2) is 34.8 Å². The summed E-state index contributed by atoms with van der Waals surface area (Å²) in [6.45, 7) is 9.78. The molecule has 0 saturated heterocycles. The number of carbonyl (C=O) groups is 1. The first kappa shape index (κ1) is 13.0. The van der Waals surface area contributed by atoms with Crippen molar-refractivity contribution < 1.29 is 4.79 Å². The lowest BCUT2D eigenvalue weighted by Gasteiger charge is -2.23. The largest absolute Gasteiger partial charge is 0.368 e. The lowest BCUT2D eigenvalue weighted by molar-refractivity contribution is 0.112. The summed E-state index contributed by atoms with van der Waals surface area (Å²) in [5.41, 5.74) is 2.90. The molecule has 0 aliphatic carbocycles. The minimum Gasteiger partial charge on any atom is -0.368 e. The predicted octanol–water partition coefficient (Wildman–Crippen LogP) is 3.66. The second kappa shape index (κ2) is 5.85. The maximum atomic E-state index is 10.7. The van der Waals surface area contributed by atoms with Gasteiger partial charge in [-0.1, -0.05) is 12.2 Å². The third-order valence-corrected chi connectivity index (χ3v) is 3.01. The third-order valence-electron chi connectivity index (χ3n) is 2.32. The van der Waals surface area contributed by atoms with E-state index in [0.29, 0.717) is 5.56 Å². The Hall–Kier alpha value is -1.09. The predicted molar refractivity (Wildman–Crippen MR) is 72.2 cm³/mol. The van der Waals surface area contributed by atoms with Crippen molar-refractivity contribution in [2.45, 2.75) is 13.8 Å². The van der Waals surface area contributed by atoms with E-state index in [9.17, 15) is 4.79 Å². The first-order valence-electron chi connectivity index (χ1n) is 5.22. The Labute approximate surface area is 105 Å². The minimum absolute atomic E-state index is 0.676. The molecule has 0 N–H and O–H groups in total. The van der Waals surface area contributed by atoms with Crippen molar-refractivity contribution in [3.8, 4) is 0 Å². The van der Waals surface area contributed by atoms with Crippen molar-refractivity contribution >= 4 is 27.9 Å². The van der Waals surface area contributed by atoms with E-state index in [2.05, 4.69) is 34.3 Å². The molecule has 0 atom stereocenters. The molecule has 0 heterocycles. The first-order valence-corrected chi connectivity index (χ1v) is 6.01. The molecule has 3 heteroatoms. The zero-order valence-electron chi connectivity index (χ0n) is 9.66. The molecule has 1 aromatic rings. The van der Waals surface area contributed by atoms with Gasteiger partial charge in [0.2, 0.25) is 0 Å². The first-order chi connectivity index (χ1) is 7.58. The number of anilines is 1. The highest BCUT2D eigenvalue weighted by Gasteiger charge is 2.06. The Bertz CT molecular complexity index is 401. The van der Waals surface area contributed by atoms with Crippen LogP contribution in [-0.4, -0.2) is 19.4 Å². The maximum absolute atomic E-state index is 10.7. The van der Waals surface area contributed by atoms with Gasteiger partial charge in [0.05, 0.1) is 0 Å². The fourth-order valence-electron chi connectivity index (χ4n) is 1.52. The molecule has 16 heavy (non-hydrogen) atoms. The van der Waals surface area contributed by atoms with Crippen molar-refractivity contribution in [2.75, 3.05) is 18.0 Å². The Balaban J connectivity index is 2.97. The number of rotatable bonds is 5. The number of nitrogens with zero attached hydrogens (tertiary/aromatic N) is 1. The summed E-state index contributed by atoms with van der Waals surface area (Å²) in [6.07, 6.45) is 0.850. The molecule has 0 radical (unpaired) electrons. The molecule has 0 aliphatic rings. The molecule has 0 fully saturated rings. The van der Waals surface area contributed by atoms with Crippen molar-refractivity contribution in [1.29, 1.82) is 0 Å². The monoisotopic (exact) mass is 281 g/mol. The smallest absolute Gasteiger partial charge is 0.151 e. The molecule has 1 rings (SSSR count). The molecule has 86 valence electrons. The van der Waals surface area contributed by atoms with Crippen LogP contribution in [0.4, 0.5) is 5.69 Å². The van der Waals surface area contributed by atoms with Gasteiger partial charge in [-0.05, 0) is 48.0 Å². The summed E-state index contributed by atoms with van der Waals surface area (Å²) in [5.74, 6) is 0. The molecular formula is C13H16BrNO. The summed E-state index contributed by atoms with van der Waals surface area (Å²) in [6, 6.07) is 5.75. The number of aldehydes is 1. The highest BCUT2D eigenvalue weighted by atomic mass is 79.9. The van der Waals surface area contributed by atoms with E-state index in [1.165, 1.54) is 0 Å². The molecule has 0 spiro atoms. The normalized spacial score (nSPS) is 9.94. The van der Waals surface area contributed by atoms with Gasteiger partial charge in [0.15, 0.2) is 6.29 Å². The molecule has 0 unspecified atom stereocenters. The summed E-state index contributed by atoms with van der Waals surface area (Å²) < 4.78 is 0.833. The van der Waals surface area contributed by atoms with Crippen molar-refractivity contribution in [1.82, 2.24) is 0 Å². The maximum Gasteiger partial charge on any atom is 0.151 e. The van der Waals surface area contributed by atoms with E-state index in [0.717, 1.165) is 35.1 Å². The average molecular weight is 282 g/mol. The zero-order valence-corrected chi connectivity index (χ0v) is 11.3. The lowest BCUT2D eigenvalue weighted by atomic mass is 10.2. The van der Waals surface area contributed by atoms with Crippen LogP contribution >= 0.6 is 15.9 Å². The Morgan fingerprint density at radius 3 is 2.69 bits per heavy atom. The van der Waals surface area contributed by atoms with Crippen LogP contribution in [0, 0.1) is 0 Å². The van der Waals surface area contributed by atoms with Crippen molar-refractivity contribution in [2.24, 2.45) is 0 Å². The van der Waals surface area contributed by atoms with E-state index in [1.54, 1.807) is 0 Å². The van der Waals surface area contributed by atoms with E-state index >= 15 is 0 Å². The van der Waals surface area contributed by atoms with Gasteiger partial charge in [0.25, 0.3) is 0 Å². The summed E-state index contributed by atoms with van der Waals surface area (Å²) in [4.78, 5) is 12.9. The Kier molecular flexibility index (Phi) is 4.74. The molecule has 0 aliphatic heterocycles. The fraction of sp³-hybridized carbons (Fsp3) is 0.308. The molecule has 2 nitrogen and oxygen atoms in total.